The summed E-state index contributed by atoms with van der Waals surface area (Å²) in [7, 11) is 0. The average Bonchev–Trinajstić information content (AvgIpc) is 2.66. The third kappa shape index (κ3) is 1.40. The van der Waals surface area contributed by atoms with Crippen LogP contribution < -0.4 is 5.73 Å². The van der Waals surface area contributed by atoms with E-state index in [-0.39, 0.29) is 5.69 Å². The van der Waals surface area contributed by atoms with E-state index in [2.05, 4.69) is 4.98 Å². The van der Waals surface area contributed by atoms with Gasteiger partial charge in [-0.2, -0.15) is 0 Å². The maximum atomic E-state index is 10.7. The zero-order chi connectivity index (χ0) is 12.0. The van der Waals surface area contributed by atoms with Crippen molar-refractivity contribution in [3.8, 4) is 0 Å². The van der Waals surface area contributed by atoms with Crippen LogP contribution in [-0.2, 0) is 0 Å². The lowest BCUT2D eigenvalue weighted by Crippen LogP contribution is -1.86. The summed E-state index contributed by atoms with van der Waals surface area (Å²) in [5.74, 6) is 0. The minimum absolute atomic E-state index is 0.0841. The molecule has 3 rings (SSSR count). The van der Waals surface area contributed by atoms with E-state index in [1.807, 2.05) is 12.1 Å². The number of nitro groups is 1. The second-order valence-electron chi connectivity index (χ2n) is 3.92. The first kappa shape index (κ1) is 9.65. The fourth-order valence-corrected chi connectivity index (χ4v) is 2.02. The minimum atomic E-state index is -0.398. The molecular formula is C12H9N3O2. The molecule has 0 bridgehead atoms. The van der Waals surface area contributed by atoms with Crippen molar-refractivity contribution in [2.24, 2.45) is 0 Å². The number of non-ortho nitro benzene ring substituents is 1. The number of nitrogens with zero attached hydrogens (tertiary/aromatic N) is 1. The Morgan fingerprint density at radius 1 is 1.06 bits per heavy atom. The van der Waals surface area contributed by atoms with Crippen LogP contribution in [0, 0.1) is 10.1 Å². The molecule has 5 heteroatoms. The molecule has 0 spiro atoms. The van der Waals surface area contributed by atoms with Gasteiger partial charge in [-0.15, -0.1) is 0 Å². The number of nitrogens with one attached hydrogen (secondary N) is 1. The summed E-state index contributed by atoms with van der Waals surface area (Å²) in [4.78, 5) is 13.5. The highest BCUT2D eigenvalue weighted by Crippen LogP contribution is 2.29. The van der Waals surface area contributed by atoms with Crippen LogP contribution in [-0.4, -0.2) is 9.91 Å². The maximum Gasteiger partial charge on any atom is 0.270 e. The van der Waals surface area contributed by atoms with Gasteiger partial charge in [0.2, 0.25) is 0 Å². The van der Waals surface area contributed by atoms with Crippen molar-refractivity contribution < 1.29 is 4.92 Å². The zero-order valence-corrected chi connectivity index (χ0v) is 8.81. The highest BCUT2D eigenvalue weighted by atomic mass is 16.6. The standard InChI is InChI=1S/C12H9N3O2/c13-7-1-3-11-9(5-7)10-6-8(15(16)17)2-4-12(10)14-11/h1-6,14H,13H2. The lowest BCUT2D eigenvalue weighted by molar-refractivity contribution is -0.384. The number of nitrogens with two attached hydrogens (primary N) is 1. The molecule has 0 aliphatic heterocycles. The molecule has 2 aromatic carbocycles. The Balaban J connectivity index is 2.43. The summed E-state index contributed by atoms with van der Waals surface area (Å²) < 4.78 is 0. The number of fused-ring (bicyclic) bond motifs is 3. The van der Waals surface area contributed by atoms with Crippen molar-refractivity contribution >= 4 is 33.2 Å². The van der Waals surface area contributed by atoms with E-state index in [4.69, 9.17) is 5.73 Å². The van der Waals surface area contributed by atoms with Gasteiger partial charge in [-0.1, -0.05) is 0 Å². The van der Waals surface area contributed by atoms with E-state index in [9.17, 15) is 10.1 Å². The van der Waals surface area contributed by atoms with Crippen molar-refractivity contribution in [1.29, 1.82) is 0 Å². The van der Waals surface area contributed by atoms with Crippen LogP contribution in [0.1, 0.15) is 0 Å². The van der Waals surface area contributed by atoms with Crippen molar-refractivity contribution in [2.75, 3.05) is 5.73 Å². The number of anilines is 1. The van der Waals surface area contributed by atoms with Crippen molar-refractivity contribution in [3.63, 3.8) is 0 Å². The lowest BCUT2D eigenvalue weighted by Gasteiger charge is -1.94. The summed E-state index contributed by atoms with van der Waals surface area (Å²) in [6.07, 6.45) is 0. The van der Waals surface area contributed by atoms with E-state index < -0.39 is 4.92 Å². The van der Waals surface area contributed by atoms with E-state index in [0.29, 0.717) is 5.69 Å². The molecule has 0 amide bonds. The minimum Gasteiger partial charge on any atom is -0.399 e. The van der Waals surface area contributed by atoms with Crippen LogP contribution in [0.15, 0.2) is 36.4 Å². The largest absolute Gasteiger partial charge is 0.399 e. The smallest absolute Gasteiger partial charge is 0.270 e. The molecule has 5 nitrogen and oxygen atoms in total. The van der Waals surface area contributed by atoms with Crippen molar-refractivity contribution in [1.82, 2.24) is 4.98 Å². The van der Waals surface area contributed by atoms with Gasteiger partial charge >= 0.3 is 0 Å². The van der Waals surface area contributed by atoms with Crippen LogP contribution >= 0.6 is 0 Å². The lowest BCUT2D eigenvalue weighted by atomic mass is 10.1. The number of H-pyrrole nitrogens is 1. The van der Waals surface area contributed by atoms with Gasteiger partial charge in [0.1, 0.15) is 0 Å². The van der Waals surface area contributed by atoms with E-state index in [0.717, 1.165) is 21.8 Å². The molecule has 84 valence electrons. The molecular weight excluding hydrogens is 218 g/mol. The Morgan fingerprint density at radius 2 is 1.71 bits per heavy atom. The zero-order valence-electron chi connectivity index (χ0n) is 8.81. The van der Waals surface area contributed by atoms with Gasteiger partial charge in [0.25, 0.3) is 5.69 Å². The Bertz CT molecular complexity index is 746. The number of nitrogen functional groups attached to an aromatic ring is 1. The Morgan fingerprint density at radius 3 is 2.41 bits per heavy atom. The van der Waals surface area contributed by atoms with Crippen LogP contribution in [0.5, 0.6) is 0 Å². The molecule has 17 heavy (non-hydrogen) atoms. The molecule has 1 aromatic heterocycles. The third-order valence-corrected chi connectivity index (χ3v) is 2.82. The second kappa shape index (κ2) is 3.21. The predicted molar refractivity (Wildman–Crippen MR) is 66.9 cm³/mol. The number of nitro benzene ring substituents is 1. The number of hydrogen-bond acceptors (Lipinski definition) is 3. The van der Waals surface area contributed by atoms with Crippen LogP contribution in [0.3, 0.4) is 0 Å². The van der Waals surface area contributed by atoms with E-state index in [1.165, 1.54) is 6.07 Å². The molecule has 3 N–H and O–H groups in total. The molecule has 0 fully saturated rings. The van der Waals surface area contributed by atoms with E-state index in [1.54, 1.807) is 18.2 Å². The highest BCUT2D eigenvalue weighted by molar-refractivity contribution is 6.08. The van der Waals surface area contributed by atoms with Crippen LogP contribution in [0.2, 0.25) is 0 Å². The highest BCUT2D eigenvalue weighted by Gasteiger charge is 2.10. The number of aromatic nitrogens is 1. The Labute approximate surface area is 96.0 Å². The van der Waals surface area contributed by atoms with Gasteiger partial charge in [-0.05, 0) is 24.3 Å². The summed E-state index contributed by atoms with van der Waals surface area (Å²) >= 11 is 0. The van der Waals surface area contributed by atoms with E-state index >= 15 is 0 Å². The molecule has 0 unspecified atom stereocenters. The average molecular weight is 227 g/mol. The predicted octanol–water partition coefficient (Wildman–Crippen LogP) is 2.81. The molecule has 0 radical (unpaired) electrons. The molecule has 0 atom stereocenters. The maximum absolute atomic E-state index is 10.7. The van der Waals surface area contributed by atoms with Crippen molar-refractivity contribution in [2.45, 2.75) is 0 Å². The fraction of sp³-hybridized carbons (Fsp3) is 0. The van der Waals surface area contributed by atoms with Gasteiger partial charge in [-0.25, -0.2) is 0 Å². The summed E-state index contributed by atoms with van der Waals surface area (Å²) in [5.41, 5.74) is 8.25. The summed E-state index contributed by atoms with van der Waals surface area (Å²) in [5, 5.41) is 12.5. The third-order valence-electron chi connectivity index (χ3n) is 2.82. The summed E-state index contributed by atoms with van der Waals surface area (Å²) in [6.45, 7) is 0. The molecule has 0 saturated carbocycles. The molecule has 0 aliphatic rings. The number of hydrogen-bond donors (Lipinski definition) is 2. The summed E-state index contributed by atoms with van der Waals surface area (Å²) in [6, 6.07) is 10.2. The van der Waals surface area contributed by atoms with Crippen molar-refractivity contribution in [3.05, 3.63) is 46.5 Å². The first-order chi connectivity index (χ1) is 8.15. The molecule has 3 aromatic rings. The first-order valence-electron chi connectivity index (χ1n) is 5.10. The number of rotatable bonds is 1. The SMILES string of the molecule is Nc1ccc2[nH]c3ccc([N+](=O)[O-])cc3c2c1. The van der Waals surface area contributed by atoms with Gasteiger partial charge in [0.15, 0.2) is 0 Å². The normalized spacial score (nSPS) is 11.1. The molecule has 0 saturated heterocycles. The quantitative estimate of drug-likeness (QED) is 0.381. The fourth-order valence-electron chi connectivity index (χ4n) is 2.02. The van der Waals surface area contributed by atoms with Gasteiger partial charge in [0, 0.05) is 39.6 Å². The second-order valence-corrected chi connectivity index (χ2v) is 3.92. The molecule has 0 aliphatic carbocycles. The monoisotopic (exact) mass is 227 g/mol. The Kier molecular flexibility index (Phi) is 1.82. The number of aromatic amines is 1. The Hall–Kier alpha value is -2.56. The van der Waals surface area contributed by atoms with Gasteiger partial charge in [0.05, 0.1) is 4.92 Å². The number of benzene rings is 2. The van der Waals surface area contributed by atoms with Crippen LogP contribution in [0.25, 0.3) is 21.8 Å². The topological polar surface area (TPSA) is 85.0 Å². The van der Waals surface area contributed by atoms with Crippen LogP contribution in [0.4, 0.5) is 11.4 Å². The van der Waals surface area contributed by atoms with Gasteiger partial charge in [-0.3, -0.25) is 10.1 Å². The van der Waals surface area contributed by atoms with Gasteiger partial charge < -0.3 is 10.7 Å². The first-order valence-corrected chi connectivity index (χ1v) is 5.10. The molecule has 1 heterocycles.